The maximum Gasteiger partial charge on any atom is 0.00884 e. The molecule has 0 spiro atoms. The number of hydrogen-bond donors (Lipinski definition) is 0. The molecule has 0 aliphatic heterocycles. The van der Waals surface area contributed by atoms with Crippen molar-refractivity contribution < 1.29 is 0 Å². The number of unbranched alkanes of at least 4 members (excludes halogenated alkanes) is 11. The summed E-state index contributed by atoms with van der Waals surface area (Å²) in [7, 11) is 1.76. The van der Waals surface area contributed by atoms with Gasteiger partial charge in [-0.05, 0) is 26.3 Å². The zero-order valence-corrected chi connectivity index (χ0v) is 16.1. The van der Waals surface area contributed by atoms with Crippen molar-refractivity contribution >= 4 is 0 Å². The van der Waals surface area contributed by atoms with E-state index in [1.807, 2.05) is 0 Å². The van der Waals surface area contributed by atoms with E-state index in [-0.39, 0.29) is 5.54 Å². The highest BCUT2D eigenvalue weighted by atomic mass is 16.5. The molecule has 0 aromatic carbocycles. The normalized spacial score (nSPS) is 17.7. The first-order chi connectivity index (χ1) is 11.2. The van der Waals surface area contributed by atoms with E-state index in [4.69, 9.17) is 0 Å². The molecule has 23 heavy (non-hydrogen) atoms. The lowest BCUT2D eigenvalue weighted by molar-refractivity contribution is 0.106. The minimum Gasteiger partial charge on any atom is -0.785 e. The molecule has 0 radical (unpaired) electrons. The van der Waals surface area contributed by atoms with Gasteiger partial charge in [-0.1, -0.05) is 103 Å². The van der Waals surface area contributed by atoms with Crippen LogP contribution >= 0.6 is 0 Å². The van der Waals surface area contributed by atoms with E-state index >= 15 is 0 Å². The molecule has 2 nitrogen and oxygen atoms in total. The van der Waals surface area contributed by atoms with Crippen LogP contribution in [-0.4, -0.2) is 17.6 Å². The predicted molar refractivity (Wildman–Crippen MR) is 103 cm³/mol. The van der Waals surface area contributed by atoms with E-state index < -0.39 is 0 Å². The minimum atomic E-state index is -0.00324. The number of rotatable bonds is 14. The van der Waals surface area contributed by atoms with Crippen molar-refractivity contribution in [1.82, 2.24) is 5.06 Å². The van der Waals surface area contributed by atoms with Crippen molar-refractivity contribution in [2.24, 2.45) is 0 Å². The Labute approximate surface area is 146 Å². The van der Waals surface area contributed by atoms with E-state index in [1.165, 1.54) is 101 Å². The Morgan fingerprint density at radius 2 is 1.13 bits per heavy atom. The van der Waals surface area contributed by atoms with Crippen LogP contribution in [0, 0.1) is 5.21 Å². The Morgan fingerprint density at radius 3 is 1.57 bits per heavy atom. The van der Waals surface area contributed by atoms with Gasteiger partial charge in [-0.15, -0.1) is 0 Å². The number of hydrogen-bond acceptors (Lipinski definition) is 2. The zero-order chi connectivity index (χ0) is 16.8. The number of nitrogens with zero attached hydrogens (tertiary/aromatic N) is 1. The molecule has 138 valence electrons. The van der Waals surface area contributed by atoms with Gasteiger partial charge in [-0.25, -0.2) is 0 Å². The first-order valence-electron chi connectivity index (χ1n) is 10.6. The summed E-state index contributed by atoms with van der Waals surface area (Å²) in [5.41, 5.74) is -0.00324. The van der Waals surface area contributed by atoms with Crippen LogP contribution in [0.4, 0.5) is 0 Å². The average Bonchev–Trinajstić information content (AvgIpc) is 2.56. The standard InChI is InChI=1S/C21H42NO/c1-3-4-5-6-7-8-9-10-11-12-13-15-18-21(22(2)23)19-16-14-17-20-21/h3-20H2,1-2H3/q-1. The Bertz CT molecular complexity index is 259. The SMILES string of the molecule is CCCCCCCCCCCCCCC1(N(C)[O-])CCCCC1. The molecule has 0 aromatic rings. The molecule has 0 N–H and O–H groups in total. The van der Waals surface area contributed by atoms with Gasteiger partial charge in [0, 0.05) is 5.54 Å². The van der Waals surface area contributed by atoms with Crippen molar-refractivity contribution in [3.63, 3.8) is 0 Å². The van der Waals surface area contributed by atoms with Crippen molar-refractivity contribution in [2.45, 2.75) is 128 Å². The van der Waals surface area contributed by atoms with Gasteiger partial charge in [0.05, 0.1) is 0 Å². The van der Waals surface area contributed by atoms with E-state index in [0.29, 0.717) is 0 Å². The van der Waals surface area contributed by atoms with Gasteiger partial charge in [-0.3, -0.25) is 0 Å². The van der Waals surface area contributed by atoms with Crippen LogP contribution < -0.4 is 0 Å². The van der Waals surface area contributed by atoms with Gasteiger partial charge in [0.2, 0.25) is 0 Å². The maximum atomic E-state index is 12.0. The van der Waals surface area contributed by atoms with Crippen molar-refractivity contribution in [3.05, 3.63) is 5.21 Å². The van der Waals surface area contributed by atoms with E-state index in [9.17, 15) is 5.21 Å². The fraction of sp³-hybridized carbons (Fsp3) is 1.00. The second-order valence-electron chi connectivity index (χ2n) is 7.92. The second kappa shape index (κ2) is 13.2. The van der Waals surface area contributed by atoms with Crippen LogP contribution in [0.15, 0.2) is 0 Å². The molecule has 1 aliphatic carbocycles. The van der Waals surface area contributed by atoms with Crippen LogP contribution in [0.1, 0.15) is 122 Å². The smallest absolute Gasteiger partial charge is 0.00884 e. The summed E-state index contributed by atoms with van der Waals surface area (Å²) < 4.78 is 0. The highest BCUT2D eigenvalue weighted by Crippen LogP contribution is 2.36. The first kappa shape index (κ1) is 21.0. The van der Waals surface area contributed by atoms with Crippen LogP contribution in [-0.2, 0) is 0 Å². The summed E-state index contributed by atoms with van der Waals surface area (Å²) in [6.07, 6.45) is 23.9. The summed E-state index contributed by atoms with van der Waals surface area (Å²) in [6.45, 7) is 2.28. The molecule has 0 atom stereocenters. The Balaban J connectivity index is 1.92. The average molecular weight is 325 g/mol. The van der Waals surface area contributed by atoms with Gasteiger partial charge >= 0.3 is 0 Å². The Morgan fingerprint density at radius 1 is 0.696 bits per heavy atom. The monoisotopic (exact) mass is 324 g/mol. The third kappa shape index (κ3) is 9.10. The third-order valence-electron chi connectivity index (χ3n) is 5.95. The predicted octanol–water partition coefficient (Wildman–Crippen LogP) is 7.21. The quantitative estimate of drug-likeness (QED) is 0.249. The largest absolute Gasteiger partial charge is 0.785 e. The lowest BCUT2D eigenvalue weighted by Gasteiger charge is -2.49. The molecule has 1 saturated carbocycles. The molecule has 2 heteroatoms. The summed E-state index contributed by atoms with van der Waals surface area (Å²) in [5.74, 6) is 0. The number of hydroxylamine groups is 2. The molecule has 0 amide bonds. The Kier molecular flexibility index (Phi) is 12.1. The van der Waals surface area contributed by atoms with Gasteiger partial charge < -0.3 is 10.3 Å². The fourth-order valence-electron chi connectivity index (χ4n) is 4.23. The van der Waals surface area contributed by atoms with E-state index in [0.717, 1.165) is 19.3 Å². The highest BCUT2D eigenvalue weighted by Gasteiger charge is 2.30. The summed E-state index contributed by atoms with van der Waals surface area (Å²) in [6, 6.07) is 0. The molecule has 1 rings (SSSR count). The van der Waals surface area contributed by atoms with Gasteiger partial charge in [-0.2, -0.15) is 0 Å². The molecule has 0 unspecified atom stereocenters. The highest BCUT2D eigenvalue weighted by molar-refractivity contribution is 4.91. The van der Waals surface area contributed by atoms with Gasteiger partial charge in [0.25, 0.3) is 0 Å². The lowest BCUT2D eigenvalue weighted by Crippen LogP contribution is -2.44. The fourth-order valence-corrected chi connectivity index (χ4v) is 4.23. The zero-order valence-electron chi connectivity index (χ0n) is 16.1. The van der Waals surface area contributed by atoms with E-state index in [2.05, 4.69) is 6.92 Å². The summed E-state index contributed by atoms with van der Waals surface area (Å²) >= 11 is 0. The molecule has 0 aromatic heterocycles. The molecular formula is C21H42NO-. The topological polar surface area (TPSA) is 26.3 Å². The molecule has 1 fully saturated rings. The first-order valence-corrected chi connectivity index (χ1v) is 10.6. The molecular weight excluding hydrogens is 282 g/mol. The van der Waals surface area contributed by atoms with Crippen molar-refractivity contribution in [1.29, 1.82) is 0 Å². The van der Waals surface area contributed by atoms with Crippen LogP contribution in [0.5, 0.6) is 0 Å². The van der Waals surface area contributed by atoms with Crippen LogP contribution in [0.3, 0.4) is 0 Å². The van der Waals surface area contributed by atoms with Crippen LogP contribution in [0.25, 0.3) is 0 Å². The van der Waals surface area contributed by atoms with Crippen molar-refractivity contribution in [2.75, 3.05) is 7.05 Å². The van der Waals surface area contributed by atoms with Crippen molar-refractivity contribution in [3.8, 4) is 0 Å². The molecule has 0 bridgehead atoms. The lowest BCUT2D eigenvalue weighted by atomic mass is 9.78. The minimum absolute atomic E-state index is 0.00324. The second-order valence-corrected chi connectivity index (χ2v) is 7.92. The summed E-state index contributed by atoms with van der Waals surface area (Å²) in [4.78, 5) is 0. The Hall–Kier alpha value is -0.0800. The third-order valence-corrected chi connectivity index (χ3v) is 5.95. The molecule has 0 heterocycles. The van der Waals surface area contributed by atoms with Gasteiger partial charge in [0.15, 0.2) is 0 Å². The molecule has 1 aliphatic rings. The molecule has 0 saturated heterocycles. The van der Waals surface area contributed by atoms with Crippen LogP contribution in [0.2, 0.25) is 0 Å². The van der Waals surface area contributed by atoms with Gasteiger partial charge in [0.1, 0.15) is 0 Å². The van der Waals surface area contributed by atoms with E-state index in [1.54, 1.807) is 7.05 Å². The maximum absolute atomic E-state index is 12.0. The summed E-state index contributed by atoms with van der Waals surface area (Å²) in [5, 5.41) is 13.3.